The first-order chi connectivity index (χ1) is 16.8. The molecule has 4 rings (SSSR count). The summed E-state index contributed by atoms with van der Waals surface area (Å²) in [5.74, 6) is -0.886. The highest BCUT2D eigenvalue weighted by Gasteiger charge is 2.23. The van der Waals surface area contributed by atoms with Gasteiger partial charge < -0.3 is 19.6 Å². The van der Waals surface area contributed by atoms with E-state index in [0.29, 0.717) is 44.2 Å². The van der Waals surface area contributed by atoms with Gasteiger partial charge in [-0.15, -0.1) is 0 Å². The Labute approximate surface area is 203 Å². The molecule has 3 aromatic carbocycles. The number of carboxylic acid groups (broad SMARTS) is 1. The van der Waals surface area contributed by atoms with E-state index in [1.54, 1.807) is 36.4 Å². The molecule has 0 saturated carbocycles. The summed E-state index contributed by atoms with van der Waals surface area (Å²) in [5.41, 5.74) is 1.58. The summed E-state index contributed by atoms with van der Waals surface area (Å²) >= 11 is 0. The highest BCUT2D eigenvalue weighted by molar-refractivity contribution is 7.92. The maximum Gasteiger partial charge on any atom is 0.337 e. The summed E-state index contributed by atoms with van der Waals surface area (Å²) in [6, 6.07) is 16.8. The van der Waals surface area contributed by atoms with E-state index in [2.05, 4.69) is 9.62 Å². The Morgan fingerprint density at radius 3 is 2.20 bits per heavy atom. The van der Waals surface area contributed by atoms with Gasteiger partial charge in [0.2, 0.25) is 0 Å². The molecule has 2 N–H and O–H groups in total. The predicted molar refractivity (Wildman–Crippen MR) is 133 cm³/mol. The monoisotopic (exact) mass is 499 g/mol. The number of ether oxygens (including phenoxy) is 1. The lowest BCUT2D eigenvalue weighted by atomic mass is 10.1. The van der Waals surface area contributed by atoms with Crippen LogP contribution in [0.25, 0.3) is 0 Å². The quantitative estimate of drug-likeness (QED) is 0.482. The van der Waals surface area contributed by atoms with Gasteiger partial charge in [-0.25, -0.2) is 17.6 Å². The van der Waals surface area contributed by atoms with E-state index in [9.17, 15) is 22.7 Å². The average Bonchev–Trinajstić information content (AvgIpc) is 2.85. The van der Waals surface area contributed by atoms with Crippen molar-refractivity contribution >= 4 is 33.1 Å². The number of hydrogen-bond acceptors (Lipinski definition) is 6. The second kappa shape index (κ2) is 10.2. The van der Waals surface area contributed by atoms with Crippen LogP contribution < -0.4 is 19.3 Å². The smallest absolute Gasteiger partial charge is 0.337 e. The molecule has 0 bridgehead atoms. The predicted octanol–water partition coefficient (Wildman–Crippen LogP) is 4.05. The van der Waals surface area contributed by atoms with E-state index in [-0.39, 0.29) is 22.0 Å². The molecule has 1 aliphatic heterocycles. The van der Waals surface area contributed by atoms with Gasteiger partial charge in [0.25, 0.3) is 10.0 Å². The molecule has 10 heteroatoms. The molecule has 1 saturated heterocycles. The lowest BCUT2D eigenvalue weighted by Gasteiger charge is -2.38. The first-order valence-corrected chi connectivity index (χ1v) is 12.6. The number of nitrogens with one attached hydrogen (secondary N) is 1. The third-order valence-electron chi connectivity index (χ3n) is 5.74. The van der Waals surface area contributed by atoms with Crippen molar-refractivity contribution in [1.82, 2.24) is 0 Å². The van der Waals surface area contributed by atoms with Crippen LogP contribution in [-0.2, 0) is 10.0 Å². The number of sulfonamides is 1. The van der Waals surface area contributed by atoms with Gasteiger partial charge in [0, 0.05) is 37.6 Å². The maximum atomic E-state index is 13.2. The van der Waals surface area contributed by atoms with Gasteiger partial charge in [0.05, 0.1) is 22.8 Å². The summed E-state index contributed by atoms with van der Waals surface area (Å²) in [6.45, 7) is 4.70. The van der Waals surface area contributed by atoms with E-state index in [0.717, 1.165) is 5.69 Å². The van der Waals surface area contributed by atoms with Crippen LogP contribution in [0.4, 0.5) is 21.5 Å². The maximum absolute atomic E-state index is 13.2. The molecular formula is C25H26FN3O5S. The van der Waals surface area contributed by atoms with Crippen molar-refractivity contribution in [3.8, 4) is 5.75 Å². The molecule has 1 aliphatic rings. The summed E-state index contributed by atoms with van der Waals surface area (Å²) in [7, 11) is -3.91. The highest BCUT2D eigenvalue weighted by Crippen LogP contribution is 2.28. The molecule has 184 valence electrons. The number of hydrogen-bond donors (Lipinski definition) is 2. The van der Waals surface area contributed by atoms with Crippen LogP contribution in [0.1, 0.15) is 17.3 Å². The van der Waals surface area contributed by atoms with Crippen molar-refractivity contribution in [1.29, 1.82) is 0 Å². The lowest BCUT2D eigenvalue weighted by Crippen LogP contribution is -2.47. The molecule has 3 aromatic rings. The van der Waals surface area contributed by atoms with E-state index < -0.39 is 16.0 Å². The third kappa shape index (κ3) is 5.65. The molecule has 1 fully saturated rings. The fourth-order valence-electron chi connectivity index (χ4n) is 4.00. The first-order valence-electron chi connectivity index (χ1n) is 11.2. The van der Waals surface area contributed by atoms with Crippen molar-refractivity contribution in [3.63, 3.8) is 0 Å². The van der Waals surface area contributed by atoms with E-state index >= 15 is 0 Å². The minimum atomic E-state index is -3.91. The van der Waals surface area contributed by atoms with Crippen LogP contribution in [0, 0.1) is 5.82 Å². The molecule has 1 heterocycles. The Kier molecular flexibility index (Phi) is 7.11. The van der Waals surface area contributed by atoms with Crippen molar-refractivity contribution < 1.29 is 27.4 Å². The summed E-state index contributed by atoms with van der Waals surface area (Å²) in [5, 5.41) is 9.81. The minimum absolute atomic E-state index is 0.00660. The zero-order valence-corrected chi connectivity index (χ0v) is 20.0. The first kappa shape index (κ1) is 24.3. The number of benzene rings is 3. The van der Waals surface area contributed by atoms with Gasteiger partial charge in [0.1, 0.15) is 11.6 Å². The Morgan fingerprint density at radius 2 is 1.60 bits per heavy atom. The number of carboxylic acids is 1. The van der Waals surface area contributed by atoms with Crippen LogP contribution in [0.2, 0.25) is 0 Å². The summed E-state index contributed by atoms with van der Waals surface area (Å²) in [6.07, 6.45) is 0. The Balaban J connectivity index is 1.49. The molecule has 0 amide bonds. The van der Waals surface area contributed by atoms with E-state index in [1.165, 1.54) is 30.3 Å². The fraction of sp³-hybridized carbons (Fsp3) is 0.240. The molecule has 0 atom stereocenters. The number of aromatic carboxylic acids is 1. The molecule has 0 aliphatic carbocycles. The largest absolute Gasteiger partial charge is 0.494 e. The van der Waals surface area contributed by atoms with Gasteiger partial charge in [0.15, 0.2) is 0 Å². The van der Waals surface area contributed by atoms with Gasteiger partial charge in [-0.2, -0.15) is 0 Å². The Bertz CT molecular complexity index is 1290. The molecule has 0 radical (unpaired) electrons. The van der Waals surface area contributed by atoms with Crippen LogP contribution in [-0.4, -0.2) is 52.3 Å². The van der Waals surface area contributed by atoms with Crippen LogP contribution >= 0.6 is 0 Å². The minimum Gasteiger partial charge on any atom is -0.494 e. The molecule has 8 nitrogen and oxygen atoms in total. The number of piperazine rings is 1. The summed E-state index contributed by atoms with van der Waals surface area (Å²) in [4.78, 5) is 16.1. The topological polar surface area (TPSA) is 99.2 Å². The fourth-order valence-corrected chi connectivity index (χ4v) is 5.05. The number of anilines is 3. The zero-order valence-electron chi connectivity index (χ0n) is 19.1. The second-order valence-corrected chi connectivity index (χ2v) is 9.68. The van der Waals surface area contributed by atoms with Crippen LogP contribution in [0.3, 0.4) is 0 Å². The molecule has 0 aromatic heterocycles. The van der Waals surface area contributed by atoms with Gasteiger partial charge >= 0.3 is 5.97 Å². The van der Waals surface area contributed by atoms with Crippen LogP contribution in [0.5, 0.6) is 5.75 Å². The molecule has 0 spiro atoms. The molecule has 0 unspecified atom stereocenters. The van der Waals surface area contributed by atoms with Crippen molar-refractivity contribution in [3.05, 3.63) is 78.1 Å². The average molecular weight is 500 g/mol. The van der Waals surface area contributed by atoms with Crippen molar-refractivity contribution in [2.24, 2.45) is 0 Å². The number of halogens is 1. The summed E-state index contributed by atoms with van der Waals surface area (Å²) < 4.78 is 46.6. The Morgan fingerprint density at radius 1 is 0.971 bits per heavy atom. The molecule has 35 heavy (non-hydrogen) atoms. The number of nitrogens with zero attached hydrogens (tertiary/aromatic N) is 2. The Hall–Kier alpha value is -3.79. The third-order valence-corrected chi connectivity index (χ3v) is 7.13. The van der Waals surface area contributed by atoms with Gasteiger partial charge in [-0.1, -0.05) is 0 Å². The van der Waals surface area contributed by atoms with Crippen LogP contribution in [0.15, 0.2) is 71.6 Å². The highest BCUT2D eigenvalue weighted by atomic mass is 32.2. The van der Waals surface area contributed by atoms with Gasteiger partial charge in [-0.05, 0) is 73.7 Å². The molecular weight excluding hydrogens is 473 g/mol. The van der Waals surface area contributed by atoms with E-state index in [1.807, 2.05) is 11.8 Å². The zero-order chi connectivity index (χ0) is 25.0. The number of carbonyl (C=O) groups is 1. The number of rotatable bonds is 8. The van der Waals surface area contributed by atoms with Gasteiger partial charge in [-0.3, -0.25) is 4.72 Å². The normalized spacial score (nSPS) is 14.0. The second-order valence-electron chi connectivity index (χ2n) is 8.00. The lowest BCUT2D eigenvalue weighted by molar-refractivity contribution is 0.0697. The van der Waals surface area contributed by atoms with E-state index in [4.69, 9.17) is 4.74 Å². The van der Waals surface area contributed by atoms with Crippen molar-refractivity contribution in [2.75, 3.05) is 47.3 Å². The standard InChI is InChI=1S/C25H26FN3O5S/c1-2-34-21-8-10-22(11-9-21)35(32,33)27-19-5-12-24(23(17-19)25(30)31)29-15-13-28(14-16-29)20-6-3-18(26)4-7-20/h3-12,17,27H,2,13-16H2,1H3,(H,30,31). The van der Waals surface area contributed by atoms with Crippen molar-refractivity contribution in [2.45, 2.75) is 11.8 Å². The SMILES string of the molecule is CCOc1ccc(S(=O)(=O)Nc2ccc(N3CCN(c4ccc(F)cc4)CC3)c(C(=O)O)c2)cc1.